The Morgan fingerprint density at radius 1 is 0.484 bits per heavy atom. The molecule has 0 unspecified atom stereocenters. The van der Waals surface area contributed by atoms with E-state index in [0.29, 0.717) is 0 Å². The third-order valence-corrected chi connectivity index (χ3v) is 6.41. The molecule has 1 N–H and O–H groups in total. The molecule has 0 aliphatic carbocycles. The van der Waals surface area contributed by atoms with Gasteiger partial charge in [0.2, 0.25) is 0 Å². The SMILES string of the molecule is CCCCCCCCCNC(=O)N(CCCCCCCCC)CCCCCCCCC. The molecule has 0 aliphatic heterocycles. The van der Waals surface area contributed by atoms with E-state index in [0.717, 1.165) is 38.9 Å². The molecular weight excluding hydrogens is 380 g/mol. The first-order valence-corrected chi connectivity index (χ1v) is 14.3. The fraction of sp³-hybridized carbons (Fsp3) is 0.964. The van der Waals surface area contributed by atoms with E-state index in [1.54, 1.807) is 0 Å². The van der Waals surface area contributed by atoms with Crippen molar-refractivity contribution in [2.45, 2.75) is 156 Å². The fourth-order valence-corrected chi connectivity index (χ4v) is 4.22. The molecule has 0 spiro atoms. The van der Waals surface area contributed by atoms with E-state index < -0.39 is 0 Å². The summed E-state index contributed by atoms with van der Waals surface area (Å²) in [5.74, 6) is 0. The zero-order valence-corrected chi connectivity index (χ0v) is 21.8. The van der Waals surface area contributed by atoms with Crippen LogP contribution in [0.5, 0.6) is 0 Å². The average molecular weight is 439 g/mol. The minimum atomic E-state index is 0.183. The molecule has 0 saturated carbocycles. The predicted octanol–water partition coefficient (Wildman–Crippen LogP) is 9.25. The van der Waals surface area contributed by atoms with Crippen LogP contribution in [-0.2, 0) is 0 Å². The molecule has 0 radical (unpaired) electrons. The Labute approximate surface area is 196 Å². The zero-order valence-electron chi connectivity index (χ0n) is 21.8. The van der Waals surface area contributed by atoms with Crippen molar-refractivity contribution >= 4 is 6.03 Å². The molecule has 0 saturated heterocycles. The number of carbonyl (C=O) groups is 1. The van der Waals surface area contributed by atoms with Crippen LogP contribution in [0, 0.1) is 0 Å². The summed E-state index contributed by atoms with van der Waals surface area (Å²) >= 11 is 0. The first-order chi connectivity index (χ1) is 15.3. The summed E-state index contributed by atoms with van der Waals surface area (Å²) in [6.07, 6.45) is 27.4. The number of nitrogens with one attached hydrogen (secondary N) is 1. The van der Waals surface area contributed by atoms with E-state index in [2.05, 4.69) is 31.0 Å². The number of nitrogens with zero attached hydrogens (tertiary/aromatic N) is 1. The second-order valence-electron chi connectivity index (χ2n) is 9.58. The van der Waals surface area contributed by atoms with Gasteiger partial charge in [-0.05, 0) is 19.3 Å². The van der Waals surface area contributed by atoms with Crippen LogP contribution in [0.2, 0.25) is 0 Å². The number of hydrogen-bond donors (Lipinski definition) is 1. The lowest BCUT2D eigenvalue weighted by molar-refractivity contribution is 0.195. The first kappa shape index (κ1) is 30.3. The standard InChI is InChI=1S/C28H58N2O/c1-4-7-10-13-16-19-22-25-29-28(31)30(26-23-20-17-14-11-8-5-2)27-24-21-18-15-12-9-6-3/h4-27H2,1-3H3,(H,29,31). The summed E-state index contributed by atoms with van der Waals surface area (Å²) in [5.41, 5.74) is 0. The molecule has 0 fully saturated rings. The van der Waals surface area contributed by atoms with Crippen LogP contribution in [0.15, 0.2) is 0 Å². The van der Waals surface area contributed by atoms with Crippen LogP contribution in [0.25, 0.3) is 0 Å². The average Bonchev–Trinajstić information content (AvgIpc) is 2.78. The second-order valence-corrected chi connectivity index (χ2v) is 9.58. The highest BCUT2D eigenvalue weighted by molar-refractivity contribution is 5.74. The minimum Gasteiger partial charge on any atom is -0.338 e. The van der Waals surface area contributed by atoms with Gasteiger partial charge >= 0.3 is 6.03 Å². The van der Waals surface area contributed by atoms with Gasteiger partial charge in [0.1, 0.15) is 0 Å². The largest absolute Gasteiger partial charge is 0.338 e. The van der Waals surface area contributed by atoms with Gasteiger partial charge in [0, 0.05) is 19.6 Å². The molecular formula is C28H58N2O. The van der Waals surface area contributed by atoms with E-state index in [-0.39, 0.29) is 6.03 Å². The molecule has 31 heavy (non-hydrogen) atoms. The Morgan fingerprint density at radius 2 is 0.806 bits per heavy atom. The molecule has 0 heterocycles. The number of unbranched alkanes of at least 4 members (excludes halogenated alkanes) is 18. The van der Waals surface area contributed by atoms with Gasteiger partial charge in [0.15, 0.2) is 0 Å². The Bertz CT molecular complexity index is 341. The molecule has 2 amide bonds. The van der Waals surface area contributed by atoms with E-state index in [1.807, 2.05) is 0 Å². The predicted molar refractivity (Wildman–Crippen MR) is 139 cm³/mol. The molecule has 0 atom stereocenters. The van der Waals surface area contributed by atoms with E-state index in [1.165, 1.54) is 116 Å². The van der Waals surface area contributed by atoms with Crippen LogP contribution in [0.3, 0.4) is 0 Å². The van der Waals surface area contributed by atoms with Crippen LogP contribution < -0.4 is 5.32 Å². The minimum absolute atomic E-state index is 0.183. The van der Waals surface area contributed by atoms with Crippen molar-refractivity contribution in [1.29, 1.82) is 0 Å². The molecule has 0 aromatic carbocycles. The molecule has 0 aliphatic rings. The molecule has 186 valence electrons. The van der Waals surface area contributed by atoms with Crippen LogP contribution in [-0.4, -0.2) is 30.6 Å². The van der Waals surface area contributed by atoms with E-state index in [9.17, 15) is 4.79 Å². The molecule has 3 nitrogen and oxygen atoms in total. The van der Waals surface area contributed by atoms with Gasteiger partial charge in [-0.15, -0.1) is 0 Å². The topological polar surface area (TPSA) is 32.3 Å². The maximum atomic E-state index is 12.7. The van der Waals surface area contributed by atoms with Gasteiger partial charge in [-0.25, -0.2) is 4.79 Å². The summed E-state index contributed by atoms with van der Waals surface area (Å²) < 4.78 is 0. The highest BCUT2D eigenvalue weighted by Crippen LogP contribution is 2.11. The van der Waals surface area contributed by atoms with Crippen molar-refractivity contribution in [3.8, 4) is 0 Å². The van der Waals surface area contributed by atoms with E-state index in [4.69, 9.17) is 0 Å². The van der Waals surface area contributed by atoms with Gasteiger partial charge in [-0.1, -0.05) is 136 Å². The highest BCUT2D eigenvalue weighted by Gasteiger charge is 2.12. The lowest BCUT2D eigenvalue weighted by Gasteiger charge is -2.23. The number of urea groups is 1. The number of amides is 2. The third-order valence-electron chi connectivity index (χ3n) is 6.41. The van der Waals surface area contributed by atoms with Crippen molar-refractivity contribution in [3.05, 3.63) is 0 Å². The number of carbonyl (C=O) groups excluding carboxylic acids is 1. The van der Waals surface area contributed by atoms with E-state index >= 15 is 0 Å². The monoisotopic (exact) mass is 438 g/mol. The van der Waals surface area contributed by atoms with Crippen LogP contribution in [0.4, 0.5) is 4.79 Å². The second kappa shape index (κ2) is 25.5. The van der Waals surface area contributed by atoms with Crippen LogP contribution >= 0.6 is 0 Å². The normalized spacial score (nSPS) is 11.1. The summed E-state index contributed by atoms with van der Waals surface area (Å²) in [7, 11) is 0. The van der Waals surface area contributed by atoms with Crippen molar-refractivity contribution < 1.29 is 4.79 Å². The van der Waals surface area contributed by atoms with Crippen molar-refractivity contribution in [2.24, 2.45) is 0 Å². The van der Waals surface area contributed by atoms with Gasteiger partial charge in [-0.2, -0.15) is 0 Å². The maximum Gasteiger partial charge on any atom is 0.317 e. The Morgan fingerprint density at radius 3 is 1.19 bits per heavy atom. The smallest absolute Gasteiger partial charge is 0.317 e. The summed E-state index contributed by atoms with van der Waals surface area (Å²) in [4.78, 5) is 14.9. The molecule has 3 heteroatoms. The van der Waals surface area contributed by atoms with Crippen molar-refractivity contribution in [2.75, 3.05) is 19.6 Å². The molecule has 0 aromatic rings. The van der Waals surface area contributed by atoms with Crippen molar-refractivity contribution in [1.82, 2.24) is 10.2 Å². The summed E-state index contributed by atoms with van der Waals surface area (Å²) in [6.45, 7) is 9.52. The van der Waals surface area contributed by atoms with Crippen molar-refractivity contribution in [3.63, 3.8) is 0 Å². The van der Waals surface area contributed by atoms with Gasteiger partial charge in [0.25, 0.3) is 0 Å². The fourth-order valence-electron chi connectivity index (χ4n) is 4.22. The Balaban J connectivity index is 4.03. The maximum absolute atomic E-state index is 12.7. The molecule has 0 aromatic heterocycles. The lowest BCUT2D eigenvalue weighted by atomic mass is 10.1. The summed E-state index contributed by atoms with van der Waals surface area (Å²) in [6, 6.07) is 0.183. The third kappa shape index (κ3) is 22.3. The number of rotatable bonds is 24. The highest BCUT2D eigenvalue weighted by atomic mass is 16.2. The lowest BCUT2D eigenvalue weighted by Crippen LogP contribution is -2.41. The zero-order chi connectivity index (χ0) is 22.8. The molecule has 0 rings (SSSR count). The van der Waals surface area contributed by atoms with Gasteiger partial charge in [-0.3, -0.25) is 0 Å². The molecule has 0 bridgehead atoms. The summed E-state index contributed by atoms with van der Waals surface area (Å²) in [5, 5.41) is 3.21. The van der Waals surface area contributed by atoms with Crippen LogP contribution in [0.1, 0.15) is 156 Å². The first-order valence-electron chi connectivity index (χ1n) is 14.3. The quantitative estimate of drug-likeness (QED) is 0.150. The van der Waals surface area contributed by atoms with Gasteiger partial charge < -0.3 is 10.2 Å². The Kier molecular flexibility index (Phi) is 24.9. The number of hydrogen-bond acceptors (Lipinski definition) is 1. The van der Waals surface area contributed by atoms with Gasteiger partial charge in [0.05, 0.1) is 0 Å². The Hall–Kier alpha value is -0.730.